The van der Waals surface area contributed by atoms with E-state index in [1.54, 1.807) is 0 Å². The standard InChI is InChI=1S/C24H38N6/c1-16-11-26-29(6)23(16)21-7-8-22(28-27-21)25-12-18-9-19-14-30(15-20(19)10-18)13-17(2)24(3,4)5/h7-8,11,17-20H,9-10,12-15H2,1-6H3,(H,25,28)/t17?,18?,19-,20+. The molecule has 6 nitrogen and oxygen atoms in total. The van der Waals surface area contributed by atoms with Gasteiger partial charge in [-0.15, -0.1) is 10.2 Å². The van der Waals surface area contributed by atoms with Crippen molar-refractivity contribution in [2.45, 2.75) is 47.5 Å². The lowest BCUT2D eigenvalue weighted by Crippen LogP contribution is -2.33. The minimum atomic E-state index is 0.399. The van der Waals surface area contributed by atoms with Crippen molar-refractivity contribution in [2.24, 2.45) is 36.1 Å². The summed E-state index contributed by atoms with van der Waals surface area (Å²) in [6.07, 6.45) is 4.56. The Labute approximate surface area is 181 Å². The maximum atomic E-state index is 4.42. The van der Waals surface area contributed by atoms with Crippen LogP contribution in [0, 0.1) is 36.0 Å². The van der Waals surface area contributed by atoms with Crippen LogP contribution in [0.25, 0.3) is 11.4 Å². The molecule has 30 heavy (non-hydrogen) atoms. The number of hydrogen-bond acceptors (Lipinski definition) is 5. The van der Waals surface area contributed by atoms with Gasteiger partial charge >= 0.3 is 0 Å². The summed E-state index contributed by atoms with van der Waals surface area (Å²) in [7, 11) is 1.94. The smallest absolute Gasteiger partial charge is 0.148 e. The van der Waals surface area contributed by atoms with Crippen LogP contribution in [-0.4, -0.2) is 51.1 Å². The first-order chi connectivity index (χ1) is 14.2. The molecule has 0 bridgehead atoms. The first-order valence-corrected chi connectivity index (χ1v) is 11.5. The van der Waals surface area contributed by atoms with Gasteiger partial charge in [0.15, 0.2) is 0 Å². The van der Waals surface area contributed by atoms with Gasteiger partial charge in [-0.1, -0.05) is 27.7 Å². The highest BCUT2D eigenvalue weighted by molar-refractivity contribution is 5.59. The Hall–Kier alpha value is -1.95. The average Bonchev–Trinajstić information content (AvgIpc) is 3.33. The molecule has 3 heterocycles. The molecule has 1 aliphatic heterocycles. The third-order valence-electron chi connectivity index (χ3n) is 7.54. The first kappa shape index (κ1) is 21.3. The van der Waals surface area contributed by atoms with Crippen LogP contribution in [0.5, 0.6) is 0 Å². The highest BCUT2D eigenvalue weighted by atomic mass is 15.3. The van der Waals surface area contributed by atoms with E-state index in [0.717, 1.165) is 53.0 Å². The molecule has 1 saturated heterocycles. The van der Waals surface area contributed by atoms with Crippen molar-refractivity contribution in [3.63, 3.8) is 0 Å². The van der Waals surface area contributed by atoms with Crippen LogP contribution >= 0.6 is 0 Å². The number of anilines is 1. The number of aryl methyl sites for hydroxylation is 2. The van der Waals surface area contributed by atoms with Gasteiger partial charge in [0.1, 0.15) is 11.5 Å². The van der Waals surface area contributed by atoms with E-state index >= 15 is 0 Å². The highest BCUT2D eigenvalue weighted by Crippen LogP contribution is 2.42. The van der Waals surface area contributed by atoms with Crippen LogP contribution in [0.4, 0.5) is 5.82 Å². The van der Waals surface area contributed by atoms with E-state index in [-0.39, 0.29) is 0 Å². The van der Waals surface area contributed by atoms with Gasteiger partial charge in [-0.05, 0) is 66.5 Å². The van der Waals surface area contributed by atoms with Gasteiger partial charge in [-0.25, -0.2) is 0 Å². The van der Waals surface area contributed by atoms with Crippen LogP contribution in [0.3, 0.4) is 0 Å². The fourth-order valence-corrected chi connectivity index (χ4v) is 5.22. The zero-order chi connectivity index (χ0) is 21.5. The molecule has 1 saturated carbocycles. The minimum absolute atomic E-state index is 0.399. The lowest BCUT2D eigenvalue weighted by molar-refractivity contribution is 0.173. The van der Waals surface area contributed by atoms with Crippen LogP contribution in [0.1, 0.15) is 46.1 Å². The summed E-state index contributed by atoms with van der Waals surface area (Å²) >= 11 is 0. The van der Waals surface area contributed by atoms with E-state index in [9.17, 15) is 0 Å². The minimum Gasteiger partial charge on any atom is -0.368 e. The second-order valence-corrected chi connectivity index (χ2v) is 10.8. The third kappa shape index (κ3) is 4.53. The Morgan fingerprint density at radius 3 is 2.37 bits per heavy atom. The molecule has 2 aliphatic rings. The lowest BCUT2D eigenvalue weighted by Gasteiger charge is -2.31. The highest BCUT2D eigenvalue weighted by Gasteiger charge is 2.41. The lowest BCUT2D eigenvalue weighted by atomic mass is 9.82. The molecule has 6 heteroatoms. The molecule has 0 radical (unpaired) electrons. The van der Waals surface area contributed by atoms with Gasteiger partial charge in [0.2, 0.25) is 0 Å². The number of likely N-dealkylation sites (tertiary alicyclic amines) is 1. The molecule has 4 atom stereocenters. The second-order valence-electron chi connectivity index (χ2n) is 10.8. The van der Waals surface area contributed by atoms with Gasteiger partial charge in [-0.2, -0.15) is 5.10 Å². The number of nitrogens with one attached hydrogen (secondary N) is 1. The van der Waals surface area contributed by atoms with Gasteiger partial charge in [0.25, 0.3) is 0 Å². The van der Waals surface area contributed by atoms with Crippen LogP contribution in [0.15, 0.2) is 18.3 Å². The molecule has 2 aromatic rings. The second kappa shape index (κ2) is 8.29. The first-order valence-electron chi connectivity index (χ1n) is 11.5. The summed E-state index contributed by atoms with van der Waals surface area (Å²) in [5.41, 5.74) is 3.42. The van der Waals surface area contributed by atoms with E-state index in [1.165, 1.54) is 32.5 Å². The van der Waals surface area contributed by atoms with Crippen molar-refractivity contribution < 1.29 is 0 Å². The summed E-state index contributed by atoms with van der Waals surface area (Å²) in [5, 5.41) is 16.7. The molecule has 4 rings (SSSR count). The third-order valence-corrected chi connectivity index (χ3v) is 7.54. The average molecular weight is 411 g/mol. The molecule has 2 unspecified atom stereocenters. The van der Waals surface area contributed by atoms with Gasteiger partial charge in [0, 0.05) is 33.2 Å². The van der Waals surface area contributed by atoms with Gasteiger partial charge in [0.05, 0.1) is 11.9 Å². The predicted octanol–water partition coefficient (Wildman–Crippen LogP) is 4.24. The summed E-state index contributed by atoms with van der Waals surface area (Å²) in [6, 6.07) is 4.08. The molecular weight excluding hydrogens is 372 g/mol. The maximum absolute atomic E-state index is 4.42. The summed E-state index contributed by atoms with van der Waals surface area (Å²) in [5.74, 6) is 4.13. The van der Waals surface area contributed by atoms with E-state index in [1.807, 2.05) is 30.1 Å². The summed E-state index contributed by atoms with van der Waals surface area (Å²) in [4.78, 5) is 2.72. The quantitative estimate of drug-likeness (QED) is 0.772. The van der Waals surface area contributed by atoms with Gasteiger partial charge in [-0.3, -0.25) is 4.68 Å². The number of hydrogen-bond donors (Lipinski definition) is 1. The van der Waals surface area contributed by atoms with E-state index < -0.39 is 0 Å². The Kier molecular flexibility index (Phi) is 5.88. The SMILES string of the molecule is Cc1cnn(C)c1-c1ccc(NCC2C[C@@H]3CN(CC(C)C(C)(C)C)C[C@@H]3C2)nn1. The molecule has 1 N–H and O–H groups in total. The van der Waals surface area contributed by atoms with Crippen molar-refractivity contribution >= 4 is 5.82 Å². The largest absolute Gasteiger partial charge is 0.368 e. The Bertz CT molecular complexity index is 816. The van der Waals surface area contributed by atoms with Crippen molar-refractivity contribution in [3.05, 3.63) is 23.9 Å². The summed E-state index contributed by atoms with van der Waals surface area (Å²) in [6.45, 7) is 16.4. The normalized spacial score (nSPS) is 25.5. The van der Waals surface area contributed by atoms with Gasteiger partial charge < -0.3 is 10.2 Å². The number of fused-ring (bicyclic) bond motifs is 1. The molecule has 0 aromatic carbocycles. The van der Waals surface area contributed by atoms with E-state index in [2.05, 4.69) is 60.1 Å². The Morgan fingerprint density at radius 1 is 1.13 bits per heavy atom. The molecule has 2 fully saturated rings. The number of nitrogens with zero attached hydrogens (tertiary/aromatic N) is 5. The van der Waals surface area contributed by atoms with Crippen molar-refractivity contribution in [2.75, 3.05) is 31.5 Å². The topological polar surface area (TPSA) is 58.9 Å². The van der Waals surface area contributed by atoms with Crippen LogP contribution in [-0.2, 0) is 7.05 Å². The molecule has 164 valence electrons. The number of aromatic nitrogens is 4. The molecular formula is C24H38N6. The zero-order valence-electron chi connectivity index (χ0n) is 19.5. The van der Waals surface area contributed by atoms with Crippen molar-refractivity contribution in [3.8, 4) is 11.4 Å². The molecule has 2 aromatic heterocycles. The molecule has 0 amide bonds. The zero-order valence-corrected chi connectivity index (χ0v) is 19.5. The fourth-order valence-electron chi connectivity index (χ4n) is 5.22. The molecule has 1 aliphatic carbocycles. The summed E-state index contributed by atoms with van der Waals surface area (Å²) < 4.78 is 1.86. The van der Waals surface area contributed by atoms with Crippen LogP contribution < -0.4 is 5.32 Å². The maximum Gasteiger partial charge on any atom is 0.148 e. The fraction of sp³-hybridized carbons (Fsp3) is 0.708. The van der Waals surface area contributed by atoms with Crippen molar-refractivity contribution in [1.82, 2.24) is 24.9 Å². The Balaban J connectivity index is 1.25. The van der Waals surface area contributed by atoms with Crippen LogP contribution in [0.2, 0.25) is 0 Å². The predicted molar refractivity (Wildman–Crippen MR) is 122 cm³/mol. The molecule has 0 spiro atoms. The monoisotopic (exact) mass is 410 g/mol. The Morgan fingerprint density at radius 2 is 1.83 bits per heavy atom. The number of rotatable bonds is 6. The van der Waals surface area contributed by atoms with E-state index in [0.29, 0.717) is 5.41 Å². The van der Waals surface area contributed by atoms with Crippen molar-refractivity contribution in [1.29, 1.82) is 0 Å². The van der Waals surface area contributed by atoms with E-state index in [4.69, 9.17) is 0 Å².